The highest BCUT2D eigenvalue weighted by Crippen LogP contribution is 2.34. The van der Waals surface area contributed by atoms with Gasteiger partial charge < -0.3 is 26.0 Å². The van der Waals surface area contributed by atoms with Crippen LogP contribution in [0.2, 0.25) is 4.34 Å². The second-order valence-electron chi connectivity index (χ2n) is 8.18. The van der Waals surface area contributed by atoms with Crippen LogP contribution in [0.1, 0.15) is 24.5 Å². The lowest BCUT2D eigenvalue weighted by Crippen LogP contribution is -2.59. The summed E-state index contributed by atoms with van der Waals surface area (Å²) in [6, 6.07) is 6.65. The molecule has 10 nitrogen and oxygen atoms in total. The number of nitrogens with two attached hydrogens (primary N) is 2. The standard InChI is InChI=1S/C23H25ClN6O4S/c1-2-17-22(33)29(10-13-3-4-15-16(7-13)27-12-28-21(15)26)5-6-30(17)20(32)11-34-23-14(9-19(25)31)8-18(24)35-23/h3-4,7-8,12,17H,2,5-6,9-11H2,1H3,(H2,25,31)(H2,26,27,28)/t17-/m0/s1. The molecule has 3 aromatic rings. The second kappa shape index (κ2) is 10.4. The molecule has 0 bridgehead atoms. The highest BCUT2D eigenvalue weighted by Gasteiger charge is 2.36. The molecule has 1 aromatic carbocycles. The predicted octanol–water partition coefficient (Wildman–Crippen LogP) is 1.98. The molecule has 3 heterocycles. The van der Waals surface area contributed by atoms with Gasteiger partial charge in [0.15, 0.2) is 11.7 Å². The average Bonchev–Trinajstić information content (AvgIpc) is 3.16. The van der Waals surface area contributed by atoms with Crippen molar-refractivity contribution in [1.29, 1.82) is 0 Å². The fourth-order valence-corrected chi connectivity index (χ4v) is 5.25. The van der Waals surface area contributed by atoms with Crippen LogP contribution in [0.3, 0.4) is 0 Å². The van der Waals surface area contributed by atoms with Gasteiger partial charge in [-0.1, -0.05) is 35.9 Å². The Hall–Kier alpha value is -3.44. The van der Waals surface area contributed by atoms with E-state index in [2.05, 4.69) is 9.97 Å². The first-order chi connectivity index (χ1) is 16.8. The Kier molecular flexibility index (Phi) is 7.37. The third kappa shape index (κ3) is 5.46. The smallest absolute Gasteiger partial charge is 0.261 e. The van der Waals surface area contributed by atoms with E-state index in [-0.39, 0.29) is 24.8 Å². The monoisotopic (exact) mass is 516 g/mol. The predicted molar refractivity (Wildman–Crippen MR) is 133 cm³/mol. The van der Waals surface area contributed by atoms with E-state index in [0.29, 0.717) is 52.4 Å². The number of benzene rings is 1. The number of anilines is 1. The first kappa shape index (κ1) is 24.7. The molecule has 12 heteroatoms. The number of halogens is 1. The van der Waals surface area contributed by atoms with Crippen LogP contribution in [0.5, 0.6) is 5.06 Å². The Labute approximate surface area is 210 Å². The summed E-state index contributed by atoms with van der Waals surface area (Å²) >= 11 is 7.16. The number of hydrogen-bond donors (Lipinski definition) is 2. The van der Waals surface area contributed by atoms with Crippen molar-refractivity contribution in [3.63, 3.8) is 0 Å². The summed E-state index contributed by atoms with van der Waals surface area (Å²) in [7, 11) is 0. The first-order valence-corrected chi connectivity index (χ1v) is 12.2. The molecule has 1 fully saturated rings. The summed E-state index contributed by atoms with van der Waals surface area (Å²) in [6.07, 6.45) is 1.85. The number of rotatable bonds is 8. The average molecular weight is 517 g/mol. The molecule has 3 amide bonds. The summed E-state index contributed by atoms with van der Waals surface area (Å²) in [5, 5.41) is 1.14. The third-order valence-corrected chi connectivity index (χ3v) is 7.05. The van der Waals surface area contributed by atoms with Crippen LogP contribution in [-0.2, 0) is 27.3 Å². The van der Waals surface area contributed by atoms with Gasteiger partial charge in [0.1, 0.15) is 18.2 Å². The van der Waals surface area contributed by atoms with Gasteiger partial charge in [-0.15, -0.1) is 0 Å². The van der Waals surface area contributed by atoms with E-state index in [1.165, 1.54) is 6.33 Å². The lowest BCUT2D eigenvalue weighted by Gasteiger charge is -2.40. The summed E-state index contributed by atoms with van der Waals surface area (Å²) in [4.78, 5) is 49.0. The molecule has 1 saturated heterocycles. The Bertz CT molecular complexity index is 1280. The number of primary amides is 1. The van der Waals surface area contributed by atoms with Crippen LogP contribution in [-0.4, -0.2) is 63.2 Å². The number of hydrogen-bond acceptors (Lipinski definition) is 8. The molecule has 1 aliphatic heterocycles. The summed E-state index contributed by atoms with van der Waals surface area (Å²) in [5.74, 6) is -0.546. The van der Waals surface area contributed by atoms with Crippen molar-refractivity contribution in [3.8, 4) is 5.06 Å². The van der Waals surface area contributed by atoms with Gasteiger partial charge in [0.05, 0.1) is 16.3 Å². The zero-order chi connectivity index (χ0) is 25.1. The molecule has 0 unspecified atom stereocenters. The van der Waals surface area contributed by atoms with Crippen LogP contribution in [0.4, 0.5) is 5.82 Å². The number of thiophene rings is 1. The quantitative estimate of drug-likeness (QED) is 0.465. The maximum Gasteiger partial charge on any atom is 0.261 e. The van der Waals surface area contributed by atoms with E-state index in [9.17, 15) is 14.4 Å². The lowest BCUT2D eigenvalue weighted by molar-refractivity contribution is -0.153. The molecule has 0 radical (unpaired) electrons. The maximum atomic E-state index is 13.2. The van der Waals surface area contributed by atoms with E-state index < -0.39 is 11.9 Å². The van der Waals surface area contributed by atoms with Crippen molar-refractivity contribution in [1.82, 2.24) is 19.8 Å². The van der Waals surface area contributed by atoms with Crippen molar-refractivity contribution >= 4 is 57.4 Å². The Morgan fingerprint density at radius 3 is 2.80 bits per heavy atom. The van der Waals surface area contributed by atoms with Crippen molar-refractivity contribution in [2.24, 2.45) is 5.73 Å². The van der Waals surface area contributed by atoms with Crippen molar-refractivity contribution in [2.45, 2.75) is 32.4 Å². The molecule has 4 rings (SSSR count). The van der Waals surface area contributed by atoms with Gasteiger partial charge >= 0.3 is 0 Å². The Morgan fingerprint density at radius 1 is 1.26 bits per heavy atom. The zero-order valence-electron chi connectivity index (χ0n) is 19.1. The first-order valence-electron chi connectivity index (χ1n) is 11.0. The number of fused-ring (bicyclic) bond motifs is 1. The van der Waals surface area contributed by atoms with E-state index in [1.54, 1.807) is 15.9 Å². The normalized spacial score (nSPS) is 16.1. The minimum atomic E-state index is -0.588. The van der Waals surface area contributed by atoms with Gasteiger partial charge in [-0.3, -0.25) is 14.4 Å². The molecular weight excluding hydrogens is 492 g/mol. The molecule has 4 N–H and O–H groups in total. The third-order valence-electron chi connectivity index (χ3n) is 5.83. The topological polar surface area (TPSA) is 145 Å². The van der Waals surface area contributed by atoms with E-state index >= 15 is 0 Å². The molecule has 0 aliphatic carbocycles. The Balaban J connectivity index is 1.41. The lowest BCUT2D eigenvalue weighted by atomic mass is 10.1. The number of nitrogens with zero attached hydrogens (tertiary/aromatic N) is 4. The minimum absolute atomic E-state index is 0.0329. The van der Waals surface area contributed by atoms with E-state index in [1.807, 2.05) is 25.1 Å². The van der Waals surface area contributed by atoms with Gasteiger partial charge in [0, 0.05) is 30.6 Å². The molecule has 184 valence electrons. The van der Waals surface area contributed by atoms with Gasteiger partial charge in [-0.25, -0.2) is 9.97 Å². The minimum Gasteiger partial charge on any atom is -0.474 e. The van der Waals surface area contributed by atoms with Crippen molar-refractivity contribution < 1.29 is 19.1 Å². The van der Waals surface area contributed by atoms with Gasteiger partial charge in [-0.05, 0) is 30.2 Å². The largest absolute Gasteiger partial charge is 0.474 e. The SMILES string of the molecule is CC[C@H]1C(=O)N(Cc2ccc3c(N)ncnc3c2)CCN1C(=O)COc1sc(Cl)cc1CC(N)=O. The molecular formula is C23H25ClN6O4S. The van der Waals surface area contributed by atoms with Gasteiger partial charge in [0.2, 0.25) is 11.8 Å². The highest BCUT2D eigenvalue weighted by molar-refractivity contribution is 7.18. The number of piperazine rings is 1. The molecule has 2 aromatic heterocycles. The van der Waals surface area contributed by atoms with Crippen LogP contribution in [0.15, 0.2) is 30.6 Å². The van der Waals surface area contributed by atoms with Crippen LogP contribution in [0, 0.1) is 0 Å². The van der Waals surface area contributed by atoms with Gasteiger partial charge in [0.25, 0.3) is 5.91 Å². The van der Waals surface area contributed by atoms with Crippen LogP contribution in [0.25, 0.3) is 10.9 Å². The van der Waals surface area contributed by atoms with Crippen LogP contribution >= 0.6 is 22.9 Å². The molecule has 1 aliphatic rings. The van der Waals surface area contributed by atoms with Crippen LogP contribution < -0.4 is 16.2 Å². The molecule has 1 atom stereocenters. The Morgan fingerprint density at radius 2 is 2.06 bits per heavy atom. The van der Waals surface area contributed by atoms with Gasteiger partial charge in [-0.2, -0.15) is 0 Å². The van der Waals surface area contributed by atoms with Crippen molar-refractivity contribution in [2.75, 3.05) is 25.4 Å². The van der Waals surface area contributed by atoms with E-state index in [4.69, 9.17) is 27.8 Å². The maximum absolute atomic E-state index is 13.2. The number of carbonyl (C=O) groups excluding carboxylic acids is 3. The number of nitrogen functional groups attached to an aromatic ring is 1. The second-order valence-corrected chi connectivity index (χ2v) is 9.82. The summed E-state index contributed by atoms with van der Waals surface area (Å²) in [5.41, 5.74) is 13.3. The zero-order valence-corrected chi connectivity index (χ0v) is 20.6. The fraction of sp³-hybridized carbons (Fsp3) is 0.348. The fourth-order valence-electron chi connectivity index (χ4n) is 4.15. The molecule has 0 spiro atoms. The summed E-state index contributed by atoms with van der Waals surface area (Å²) in [6.45, 7) is 2.78. The summed E-state index contributed by atoms with van der Waals surface area (Å²) < 4.78 is 6.10. The number of carbonyl (C=O) groups is 3. The highest BCUT2D eigenvalue weighted by atomic mass is 35.5. The molecule has 35 heavy (non-hydrogen) atoms. The van der Waals surface area contributed by atoms with E-state index in [0.717, 1.165) is 22.3 Å². The number of ether oxygens (including phenoxy) is 1. The molecule has 0 saturated carbocycles. The number of amides is 3. The van der Waals surface area contributed by atoms with Crippen molar-refractivity contribution in [3.05, 3.63) is 46.1 Å². The number of aromatic nitrogens is 2.